The molecule has 1 aliphatic rings. The Kier molecular flexibility index (Phi) is 7.02. The number of hydrogen-bond acceptors (Lipinski definition) is 5. The van der Waals surface area contributed by atoms with Crippen molar-refractivity contribution in [1.82, 2.24) is 10.2 Å². The Hall–Kier alpha value is -2.44. The van der Waals surface area contributed by atoms with Crippen LogP contribution in [-0.4, -0.2) is 27.0 Å². The van der Waals surface area contributed by atoms with Gasteiger partial charge in [0.05, 0.1) is 5.56 Å². The average Bonchev–Trinajstić information content (AvgIpc) is 3.21. The van der Waals surface area contributed by atoms with E-state index in [1.54, 1.807) is 35.2 Å². The van der Waals surface area contributed by atoms with Crippen molar-refractivity contribution in [3.8, 4) is 0 Å². The molecule has 0 bridgehead atoms. The van der Waals surface area contributed by atoms with E-state index in [1.165, 1.54) is 35.1 Å². The third-order valence-corrected chi connectivity index (χ3v) is 8.80. The first kappa shape index (κ1) is 24.7. The second kappa shape index (κ2) is 9.67. The number of aryl methyl sites for hydroxylation is 2. The van der Waals surface area contributed by atoms with Gasteiger partial charge in [-0.05, 0) is 77.0 Å². The van der Waals surface area contributed by atoms with Gasteiger partial charge in [0.15, 0.2) is 4.34 Å². The van der Waals surface area contributed by atoms with E-state index in [9.17, 15) is 4.79 Å². The standard InChI is InChI=1S/C28H32N2O2S2/c1-18-29-30-26(34-18)33-15-12-22-17-24-23(27(2,3)13-14-28(24,4)5)16-21(22)11-8-19-6-9-20(10-7-19)25(31)32/h6-11,16-17H,12-15H2,1-5H3,(H,31,32)/b11-8+. The highest BCUT2D eigenvalue weighted by Gasteiger charge is 2.37. The highest BCUT2D eigenvalue weighted by atomic mass is 32.2. The molecule has 0 aliphatic heterocycles. The molecule has 4 rings (SSSR count). The molecule has 0 fully saturated rings. The van der Waals surface area contributed by atoms with Gasteiger partial charge in [-0.1, -0.05) is 87.2 Å². The zero-order valence-corrected chi connectivity index (χ0v) is 22.1. The van der Waals surface area contributed by atoms with Gasteiger partial charge in [0.2, 0.25) is 0 Å². The van der Waals surface area contributed by atoms with Crippen molar-refractivity contribution >= 4 is 41.2 Å². The van der Waals surface area contributed by atoms with Crippen molar-refractivity contribution in [2.45, 2.75) is 69.1 Å². The molecule has 34 heavy (non-hydrogen) atoms. The molecule has 3 aromatic rings. The Morgan fingerprint density at radius 3 is 2.26 bits per heavy atom. The summed E-state index contributed by atoms with van der Waals surface area (Å²) in [5.74, 6) is 0.0475. The SMILES string of the molecule is Cc1nnc(SCCc2cc3c(cc2/C=C/c2ccc(C(=O)O)cc2)C(C)(C)CCC3(C)C)s1. The summed E-state index contributed by atoms with van der Waals surface area (Å²) in [6.07, 6.45) is 7.58. The van der Waals surface area contributed by atoms with Crippen LogP contribution >= 0.6 is 23.1 Å². The van der Waals surface area contributed by atoms with Gasteiger partial charge in [-0.3, -0.25) is 0 Å². The lowest BCUT2D eigenvalue weighted by atomic mass is 9.62. The van der Waals surface area contributed by atoms with Gasteiger partial charge in [-0.15, -0.1) is 10.2 Å². The first-order valence-corrected chi connectivity index (χ1v) is 13.5. The van der Waals surface area contributed by atoms with Crippen molar-refractivity contribution < 1.29 is 9.90 Å². The Morgan fingerprint density at radius 1 is 1.03 bits per heavy atom. The van der Waals surface area contributed by atoms with E-state index in [4.69, 9.17) is 5.11 Å². The van der Waals surface area contributed by atoms with E-state index in [0.29, 0.717) is 5.56 Å². The lowest BCUT2D eigenvalue weighted by Gasteiger charge is -2.42. The molecule has 1 heterocycles. The smallest absolute Gasteiger partial charge is 0.335 e. The first-order chi connectivity index (χ1) is 16.0. The Labute approximate surface area is 210 Å². The van der Waals surface area contributed by atoms with Gasteiger partial charge in [0.25, 0.3) is 0 Å². The molecule has 0 spiro atoms. The maximum atomic E-state index is 11.2. The molecule has 178 valence electrons. The van der Waals surface area contributed by atoms with Crippen LogP contribution in [0.5, 0.6) is 0 Å². The van der Waals surface area contributed by atoms with Crippen LogP contribution in [-0.2, 0) is 17.3 Å². The fraction of sp³-hybridized carbons (Fsp3) is 0.393. The lowest BCUT2D eigenvalue weighted by molar-refractivity contribution is 0.0697. The zero-order valence-electron chi connectivity index (χ0n) is 20.5. The predicted molar refractivity (Wildman–Crippen MR) is 143 cm³/mol. The Balaban J connectivity index is 1.67. The van der Waals surface area contributed by atoms with Crippen LogP contribution < -0.4 is 0 Å². The summed E-state index contributed by atoms with van der Waals surface area (Å²) in [6.45, 7) is 11.4. The number of carboxylic acids is 1. The second-order valence-electron chi connectivity index (χ2n) is 10.3. The van der Waals surface area contributed by atoms with Crippen molar-refractivity contribution in [1.29, 1.82) is 0 Å². The van der Waals surface area contributed by atoms with Crippen molar-refractivity contribution in [3.05, 3.63) is 74.8 Å². The summed E-state index contributed by atoms with van der Waals surface area (Å²) < 4.78 is 1.02. The number of carboxylic acid groups (broad SMARTS) is 1. The van der Waals surface area contributed by atoms with E-state index >= 15 is 0 Å². The van der Waals surface area contributed by atoms with Gasteiger partial charge in [-0.25, -0.2) is 4.79 Å². The molecule has 0 saturated heterocycles. The molecular formula is C28H32N2O2S2. The normalized spacial score (nSPS) is 16.5. The van der Waals surface area contributed by atoms with E-state index in [0.717, 1.165) is 27.1 Å². The molecular weight excluding hydrogens is 460 g/mol. The molecule has 0 radical (unpaired) electrons. The molecule has 4 nitrogen and oxygen atoms in total. The molecule has 1 aliphatic carbocycles. The number of aromatic nitrogens is 2. The summed E-state index contributed by atoms with van der Waals surface area (Å²) in [5, 5.41) is 18.5. The van der Waals surface area contributed by atoms with Gasteiger partial charge in [-0.2, -0.15) is 0 Å². The number of nitrogens with zero attached hydrogens (tertiary/aromatic N) is 2. The number of hydrogen-bond donors (Lipinski definition) is 1. The summed E-state index contributed by atoms with van der Waals surface area (Å²) >= 11 is 3.41. The first-order valence-electron chi connectivity index (χ1n) is 11.7. The fourth-order valence-corrected chi connectivity index (χ4v) is 6.41. The quantitative estimate of drug-likeness (QED) is 0.275. The van der Waals surface area contributed by atoms with Crippen LogP contribution in [0, 0.1) is 6.92 Å². The summed E-state index contributed by atoms with van der Waals surface area (Å²) in [5.41, 5.74) is 7.11. The lowest BCUT2D eigenvalue weighted by Crippen LogP contribution is -2.34. The van der Waals surface area contributed by atoms with E-state index < -0.39 is 5.97 Å². The Bertz CT molecular complexity index is 1220. The summed E-state index contributed by atoms with van der Waals surface area (Å²) in [4.78, 5) is 11.2. The van der Waals surface area contributed by atoms with Crippen LogP contribution in [0.2, 0.25) is 0 Å². The minimum absolute atomic E-state index is 0.147. The van der Waals surface area contributed by atoms with Gasteiger partial charge < -0.3 is 5.11 Å². The second-order valence-corrected chi connectivity index (χ2v) is 12.8. The van der Waals surface area contributed by atoms with Crippen LogP contribution in [0.25, 0.3) is 12.2 Å². The van der Waals surface area contributed by atoms with Crippen LogP contribution in [0.3, 0.4) is 0 Å². The highest BCUT2D eigenvalue weighted by Crippen LogP contribution is 2.47. The van der Waals surface area contributed by atoms with E-state index in [2.05, 4.69) is 62.2 Å². The minimum atomic E-state index is -0.902. The predicted octanol–water partition coefficient (Wildman–Crippen LogP) is 7.40. The van der Waals surface area contributed by atoms with Crippen LogP contribution in [0.1, 0.15) is 83.7 Å². The maximum absolute atomic E-state index is 11.2. The van der Waals surface area contributed by atoms with Crippen molar-refractivity contribution in [2.24, 2.45) is 0 Å². The number of aromatic carboxylic acids is 1. The zero-order chi connectivity index (χ0) is 24.5. The van der Waals surface area contributed by atoms with Crippen molar-refractivity contribution in [3.63, 3.8) is 0 Å². The molecule has 1 aromatic heterocycles. The van der Waals surface area contributed by atoms with E-state index in [1.807, 2.05) is 19.1 Å². The molecule has 0 saturated carbocycles. The number of fused-ring (bicyclic) bond motifs is 1. The third-order valence-electron chi connectivity index (χ3n) is 6.83. The van der Waals surface area contributed by atoms with Gasteiger partial charge in [0, 0.05) is 5.75 Å². The average molecular weight is 493 g/mol. The number of thioether (sulfide) groups is 1. The molecule has 6 heteroatoms. The molecule has 1 N–H and O–H groups in total. The van der Waals surface area contributed by atoms with Gasteiger partial charge >= 0.3 is 5.97 Å². The highest BCUT2D eigenvalue weighted by molar-refractivity contribution is 8.01. The van der Waals surface area contributed by atoms with Crippen LogP contribution in [0.4, 0.5) is 0 Å². The van der Waals surface area contributed by atoms with Gasteiger partial charge in [0.1, 0.15) is 5.01 Å². The Morgan fingerprint density at radius 2 is 1.68 bits per heavy atom. The molecule has 0 unspecified atom stereocenters. The number of benzene rings is 2. The molecule has 0 amide bonds. The topological polar surface area (TPSA) is 63.1 Å². The fourth-order valence-electron chi connectivity index (χ4n) is 4.55. The summed E-state index contributed by atoms with van der Waals surface area (Å²) in [7, 11) is 0. The van der Waals surface area contributed by atoms with Crippen LogP contribution in [0.15, 0.2) is 40.7 Å². The maximum Gasteiger partial charge on any atom is 0.335 e. The molecule has 0 atom stereocenters. The largest absolute Gasteiger partial charge is 0.478 e. The van der Waals surface area contributed by atoms with E-state index in [-0.39, 0.29) is 10.8 Å². The number of rotatable bonds is 7. The molecule has 2 aromatic carbocycles. The summed E-state index contributed by atoms with van der Waals surface area (Å²) in [6, 6.07) is 11.9. The third kappa shape index (κ3) is 5.44. The number of carbonyl (C=O) groups is 1. The monoisotopic (exact) mass is 492 g/mol. The minimum Gasteiger partial charge on any atom is -0.478 e. The van der Waals surface area contributed by atoms with Crippen molar-refractivity contribution in [2.75, 3.05) is 5.75 Å².